The lowest BCUT2D eigenvalue weighted by atomic mass is 10.0. The molecule has 1 N–H and O–H groups in total. The molecule has 0 radical (unpaired) electrons. The minimum Gasteiger partial charge on any atom is -0.343 e. The fourth-order valence-electron chi connectivity index (χ4n) is 4.05. The Balaban J connectivity index is 0.00000392. The first kappa shape index (κ1) is 24.7. The van der Waals surface area contributed by atoms with Crippen LogP contribution in [0.4, 0.5) is 0 Å². The second kappa shape index (κ2) is 13.0. The largest absolute Gasteiger partial charge is 0.343 e. The summed E-state index contributed by atoms with van der Waals surface area (Å²) in [6.07, 6.45) is 5.30. The van der Waals surface area contributed by atoms with Crippen molar-refractivity contribution in [3.05, 3.63) is 0 Å². The first-order chi connectivity index (χ1) is 13.1. The van der Waals surface area contributed by atoms with Crippen LogP contribution in [0.25, 0.3) is 0 Å². The van der Waals surface area contributed by atoms with Crippen molar-refractivity contribution in [1.29, 1.82) is 0 Å². The van der Waals surface area contributed by atoms with Crippen LogP contribution in [0.5, 0.6) is 0 Å². The minimum atomic E-state index is 0. The van der Waals surface area contributed by atoms with E-state index in [1.165, 1.54) is 0 Å². The Labute approximate surface area is 175 Å². The smallest absolute Gasteiger partial charge is 0.236 e. The number of nitrogens with one attached hydrogen (secondary N) is 1. The zero-order chi connectivity index (χ0) is 19.6. The van der Waals surface area contributed by atoms with E-state index >= 15 is 0 Å². The monoisotopic (exact) mass is 416 g/mol. The summed E-state index contributed by atoms with van der Waals surface area (Å²) in [6, 6.07) is 0.142. The van der Waals surface area contributed by atoms with Crippen molar-refractivity contribution in [2.24, 2.45) is 0 Å². The Morgan fingerprint density at radius 1 is 1.14 bits per heavy atom. The molecular formula is C20H37ClN4O3. The first-order valence-corrected chi connectivity index (χ1v) is 10.6. The summed E-state index contributed by atoms with van der Waals surface area (Å²) >= 11 is 0. The van der Waals surface area contributed by atoms with Crippen LogP contribution in [-0.2, 0) is 14.4 Å². The zero-order valence-electron chi connectivity index (χ0n) is 17.5. The molecule has 0 saturated carbocycles. The SMILES string of the molecule is CCCN(CCC)C(=O)CCCC(=O)N1CCCC(N2CCNCC2=O)C1.Cl. The number of piperazine rings is 1. The van der Waals surface area contributed by atoms with E-state index in [1.54, 1.807) is 0 Å². The molecule has 0 aromatic carbocycles. The second-order valence-corrected chi connectivity index (χ2v) is 7.63. The van der Waals surface area contributed by atoms with Gasteiger partial charge in [-0.3, -0.25) is 14.4 Å². The molecule has 2 heterocycles. The van der Waals surface area contributed by atoms with Gasteiger partial charge in [-0.15, -0.1) is 12.4 Å². The number of rotatable bonds is 9. The number of piperidine rings is 1. The van der Waals surface area contributed by atoms with Crippen LogP contribution in [0.1, 0.15) is 58.8 Å². The van der Waals surface area contributed by atoms with Gasteiger partial charge in [-0.25, -0.2) is 0 Å². The van der Waals surface area contributed by atoms with E-state index in [-0.39, 0.29) is 36.2 Å². The summed E-state index contributed by atoms with van der Waals surface area (Å²) in [5.41, 5.74) is 0. The van der Waals surface area contributed by atoms with Gasteiger partial charge in [0.05, 0.1) is 6.54 Å². The highest BCUT2D eigenvalue weighted by Crippen LogP contribution is 2.18. The molecule has 0 bridgehead atoms. The second-order valence-electron chi connectivity index (χ2n) is 7.63. The molecule has 1 unspecified atom stereocenters. The molecule has 3 amide bonds. The number of nitrogens with zero attached hydrogens (tertiary/aromatic N) is 3. The number of carbonyl (C=O) groups excluding carboxylic acids is 3. The van der Waals surface area contributed by atoms with Crippen molar-refractivity contribution < 1.29 is 14.4 Å². The standard InChI is InChI=1S/C20H36N4O3.ClH/c1-3-11-22(12-4-2)18(25)8-5-9-19(26)23-13-6-7-17(16-23)24-14-10-21-15-20(24)27;/h17,21H,3-16H2,1-2H3;1H. The lowest BCUT2D eigenvalue weighted by molar-refractivity contribution is -0.140. The number of halogens is 1. The summed E-state index contributed by atoms with van der Waals surface area (Å²) in [5, 5.41) is 3.10. The minimum absolute atomic E-state index is 0. The molecule has 1 atom stereocenters. The van der Waals surface area contributed by atoms with E-state index in [9.17, 15) is 14.4 Å². The van der Waals surface area contributed by atoms with Crippen LogP contribution < -0.4 is 5.32 Å². The predicted octanol–water partition coefficient (Wildman–Crippen LogP) is 1.65. The third-order valence-corrected chi connectivity index (χ3v) is 5.44. The van der Waals surface area contributed by atoms with Gasteiger partial charge in [0.25, 0.3) is 0 Å². The number of amides is 3. The third-order valence-electron chi connectivity index (χ3n) is 5.44. The lowest BCUT2D eigenvalue weighted by Gasteiger charge is -2.41. The molecule has 2 saturated heterocycles. The van der Waals surface area contributed by atoms with Gasteiger partial charge in [0.15, 0.2) is 0 Å². The van der Waals surface area contributed by atoms with E-state index in [1.807, 2.05) is 14.7 Å². The number of hydrogen-bond acceptors (Lipinski definition) is 4. The van der Waals surface area contributed by atoms with Gasteiger partial charge in [0.2, 0.25) is 17.7 Å². The van der Waals surface area contributed by atoms with Gasteiger partial charge in [0, 0.05) is 58.2 Å². The highest BCUT2D eigenvalue weighted by molar-refractivity contribution is 5.85. The van der Waals surface area contributed by atoms with Crippen LogP contribution in [0, 0.1) is 0 Å². The van der Waals surface area contributed by atoms with Crippen molar-refractivity contribution in [3.8, 4) is 0 Å². The highest BCUT2D eigenvalue weighted by atomic mass is 35.5. The van der Waals surface area contributed by atoms with Crippen LogP contribution in [-0.4, -0.2) is 84.3 Å². The lowest BCUT2D eigenvalue weighted by Crippen LogP contribution is -2.57. The fraction of sp³-hybridized carbons (Fsp3) is 0.850. The van der Waals surface area contributed by atoms with Gasteiger partial charge >= 0.3 is 0 Å². The van der Waals surface area contributed by atoms with Gasteiger partial charge < -0.3 is 20.0 Å². The summed E-state index contributed by atoms with van der Waals surface area (Å²) in [5.74, 6) is 0.417. The van der Waals surface area contributed by atoms with Gasteiger partial charge in [-0.1, -0.05) is 13.8 Å². The predicted molar refractivity (Wildman–Crippen MR) is 112 cm³/mol. The molecule has 8 heteroatoms. The Bertz CT molecular complexity index is 512. The average Bonchev–Trinajstić information content (AvgIpc) is 2.68. The van der Waals surface area contributed by atoms with Crippen molar-refractivity contribution in [3.63, 3.8) is 0 Å². The zero-order valence-corrected chi connectivity index (χ0v) is 18.3. The van der Waals surface area contributed by atoms with Crippen molar-refractivity contribution >= 4 is 30.1 Å². The normalized spacial score (nSPS) is 19.9. The summed E-state index contributed by atoms with van der Waals surface area (Å²) < 4.78 is 0. The molecule has 2 rings (SSSR count). The van der Waals surface area contributed by atoms with Crippen LogP contribution in [0.3, 0.4) is 0 Å². The molecule has 0 aromatic rings. The third kappa shape index (κ3) is 7.24. The van der Waals surface area contributed by atoms with E-state index in [4.69, 9.17) is 0 Å². The number of likely N-dealkylation sites (tertiary alicyclic amines) is 1. The van der Waals surface area contributed by atoms with E-state index in [0.717, 1.165) is 58.4 Å². The molecule has 162 valence electrons. The Morgan fingerprint density at radius 3 is 2.50 bits per heavy atom. The Kier molecular flexibility index (Phi) is 11.5. The molecule has 2 aliphatic rings. The summed E-state index contributed by atoms with van der Waals surface area (Å²) in [6.45, 7) is 9.11. The first-order valence-electron chi connectivity index (χ1n) is 10.6. The molecule has 2 aliphatic heterocycles. The summed E-state index contributed by atoms with van der Waals surface area (Å²) in [7, 11) is 0. The van der Waals surface area contributed by atoms with Gasteiger partial charge in [-0.2, -0.15) is 0 Å². The van der Waals surface area contributed by atoms with Gasteiger partial charge in [0.1, 0.15) is 0 Å². The van der Waals surface area contributed by atoms with Crippen molar-refractivity contribution in [2.75, 3.05) is 45.8 Å². The van der Waals surface area contributed by atoms with E-state index in [0.29, 0.717) is 32.4 Å². The highest BCUT2D eigenvalue weighted by Gasteiger charge is 2.31. The molecule has 7 nitrogen and oxygen atoms in total. The average molecular weight is 417 g/mol. The van der Waals surface area contributed by atoms with Crippen LogP contribution in [0.2, 0.25) is 0 Å². The fourth-order valence-corrected chi connectivity index (χ4v) is 4.05. The Hall–Kier alpha value is -1.34. The maximum absolute atomic E-state index is 12.6. The topological polar surface area (TPSA) is 73.0 Å². The van der Waals surface area contributed by atoms with E-state index in [2.05, 4.69) is 19.2 Å². The molecule has 2 fully saturated rings. The maximum atomic E-state index is 12.6. The molecule has 28 heavy (non-hydrogen) atoms. The van der Waals surface area contributed by atoms with E-state index < -0.39 is 0 Å². The number of hydrogen-bond donors (Lipinski definition) is 1. The molecular weight excluding hydrogens is 380 g/mol. The van der Waals surface area contributed by atoms with Crippen LogP contribution >= 0.6 is 12.4 Å². The van der Waals surface area contributed by atoms with Gasteiger partial charge in [-0.05, 0) is 32.1 Å². The number of carbonyl (C=O) groups is 3. The Morgan fingerprint density at radius 2 is 1.86 bits per heavy atom. The maximum Gasteiger partial charge on any atom is 0.236 e. The molecule has 0 spiro atoms. The summed E-state index contributed by atoms with van der Waals surface area (Å²) in [4.78, 5) is 42.8. The van der Waals surface area contributed by atoms with Crippen molar-refractivity contribution in [1.82, 2.24) is 20.0 Å². The van der Waals surface area contributed by atoms with Crippen molar-refractivity contribution in [2.45, 2.75) is 64.8 Å². The quantitative estimate of drug-likeness (QED) is 0.620. The molecule has 0 aromatic heterocycles. The van der Waals surface area contributed by atoms with Crippen LogP contribution in [0.15, 0.2) is 0 Å². The molecule has 0 aliphatic carbocycles.